The molecule has 0 saturated heterocycles. The average molecular weight is 545 g/mol. The van der Waals surface area contributed by atoms with E-state index in [2.05, 4.69) is 21.2 Å². The van der Waals surface area contributed by atoms with Crippen LogP contribution in [0.2, 0.25) is 5.02 Å². The fourth-order valence-electron chi connectivity index (χ4n) is 3.02. The van der Waals surface area contributed by atoms with Crippen LogP contribution < -0.4 is 9.62 Å². The first-order valence-electron chi connectivity index (χ1n) is 9.96. The van der Waals surface area contributed by atoms with Crippen LogP contribution in [0.25, 0.3) is 0 Å². The van der Waals surface area contributed by atoms with Gasteiger partial charge in [-0.15, -0.1) is 0 Å². The van der Waals surface area contributed by atoms with Crippen LogP contribution in [0.3, 0.4) is 0 Å². The van der Waals surface area contributed by atoms with Gasteiger partial charge in [0, 0.05) is 22.1 Å². The smallest absolute Gasteiger partial charge is 0.244 e. The molecule has 2 aromatic carbocycles. The van der Waals surface area contributed by atoms with Gasteiger partial charge in [0.15, 0.2) is 0 Å². The molecule has 0 radical (unpaired) electrons. The molecule has 2 amide bonds. The summed E-state index contributed by atoms with van der Waals surface area (Å²) < 4.78 is 26.8. The second-order valence-corrected chi connectivity index (χ2v) is 10.9. The molecule has 0 aromatic heterocycles. The highest BCUT2D eigenvalue weighted by Gasteiger charge is 2.30. The Bertz CT molecular complexity index is 1060. The third-order valence-corrected chi connectivity index (χ3v) is 6.73. The van der Waals surface area contributed by atoms with Crippen molar-refractivity contribution in [2.75, 3.05) is 17.1 Å². The first kappa shape index (κ1) is 26.2. The van der Waals surface area contributed by atoms with E-state index in [0.29, 0.717) is 16.3 Å². The maximum atomic E-state index is 13.4. The van der Waals surface area contributed by atoms with E-state index in [1.165, 1.54) is 4.90 Å². The highest BCUT2D eigenvalue weighted by atomic mass is 79.9. The minimum atomic E-state index is -3.76. The third kappa shape index (κ3) is 7.21. The summed E-state index contributed by atoms with van der Waals surface area (Å²) in [5.74, 6) is -0.861. The number of rotatable bonds is 9. The molecule has 0 heterocycles. The zero-order chi connectivity index (χ0) is 24.1. The standard InChI is InChI=1S/C22H27BrClN3O4S/c1-15(2)25-22(29)16(3)26(13-17-7-5-6-8-20(17)24)21(28)14-27(32(4,30)31)19-11-9-18(23)10-12-19/h5-12,15-16H,13-14H2,1-4H3,(H,25,29)/t16-/m0/s1. The van der Waals surface area contributed by atoms with E-state index in [0.717, 1.165) is 15.0 Å². The monoisotopic (exact) mass is 543 g/mol. The van der Waals surface area contributed by atoms with Crippen LogP contribution in [-0.4, -0.2) is 50.0 Å². The Hall–Kier alpha value is -2.10. The quantitative estimate of drug-likeness (QED) is 0.520. The van der Waals surface area contributed by atoms with Crippen molar-refractivity contribution >= 4 is 55.1 Å². The number of nitrogens with one attached hydrogen (secondary N) is 1. The Morgan fingerprint density at radius 2 is 1.66 bits per heavy atom. The second kappa shape index (κ2) is 11.2. The topological polar surface area (TPSA) is 86.8 Å². The molecule has 0 bridgehead atoms. The van der Waals surface area contributed by atoms with E-state index in [1.807, 2.05) is 13.8 Å². The minimum absolute atomic E-state index is 0.0587. The Kier molecular flexibility index (Phi) is 9.12. The lowest BCUT2D eigenvalue weighted by atomic mass is 10.1. The molecule has 0 saturated carbocycles. The summed E-state index contributed by atoms with van der Waals surface area (Å²) in [4.78, 5) is 27.4. The number of amides is 2. The normalized spacial score (nSPS) is 12.3. The number of hydrogen-bond acceptors (Lipinski definition) is 4. The number of halogens is 2. The van der Waals surface area contributed by atoms with Crippen LogP contribution in [-0.2, 0) is 26.2 Å². The van der Waals surface area contributed by atoms with Gasteiger partial charge in [0.1, 0.15) is 12.6 Å². The number of carbonyl (C=O) groups is 2. The van der Waals surface area contributed by atoms with Gasteiger partial charge in [0.2, 0.25) is 21.8 Å². The van der Waals surface area contributed by atoms with Gasteiger partial charge in [-0.2, -0.15) is 0 Å². The van der Waals surface area contributed by atoms with Crippen LogP contribution >= 0.6 is 27.5 Å². The summed E-state index contributed by atoms with van der Waals surface area (Å²) >= 11 is 9.60. The maximum Gasteiger partial charge on any atom is 0.244 e. The van der Waals surface area contributed by atoms with Gasteiger partial charge < -0.3 is 10.2 Å². The predicted octanol–water partition coefficient (Wildman–Crippen LogP) is 3.81. The van der Waals surface area contributed by atoms with E-state index in [9.17, 15) is 18.0 Å². The van der Waals surface area contributed by atoms with Gasteiger partial charge in [-0.05, 0) is 56.7 Å². The van der Waals surface area contributed by atoms with E-state index in [4.69, 9.17) is 11.6 Å². The summed E-state index contributed by atoms with van der Waals surface area (Å²) in [6, 6.07) is 12.7. The van der Waals surface area contributed by atoms with Crippen LogP contribution in [0.15, 0.2) is 53.0 Å². The summed E-state index contributed by atoms with van der Waals surface area (Å²) in [7, 11) is -3.76. The van der Waals surface area contributed by atoms with Gasteiger partial charge in [-0.25, -0.2) is 8.42 Å². The number of hydrogen-bond donors (Lipinski definition) is 1. The molecule has 0 aliphatic carbocycles. The van der Waals surface area contributed by atoms with Crippen LogP contribution in [0.4, 0.5) is 5.69 Å². The average Bonchev–Trinajstić information content (AvgIpc) is 2.70. The van der Waals surface area contributed by atoms with Gasteiger partial charge in [0.05, 0.1) is 11.9 Å². The molecular formula is C22H27BrClN3O4S. The van der Waals surface area contributed by atoms with E-state index in [-0.39, 0.29) is 18.5 Å². The molecule has 7 nitrogen and oxygen atoms in total. The molecule has 0 unspecified atom stereocenters. The Morgan fingerprint density at radius 1 is 1.06 bits per heavy atom. The molecule has 0 spiro atoms. The SMILES string of the molecule is CC(C)NC(=O)[C@H](C)N(Cc1ccccc1Cl)C(=O)CN(c1ccc(Br)cc1)S(C)(=O)=O. The molecule has 10 heteroatoms. The molecule has 1 N–H and O–H groups in total. The first-order valence-corrected chi connectivity index (χ1v) is 13.0. The Labute approximate surface area is 202 Å². The minimum Gasteiger partial charge on any atom is -0.352 e. The number of carbonyl (C=O) groups excluding carboxylic acids is 2. The Morgan fingerprint density at radius 3 is 2.19 bits per heavy atom. The zero-order valence-electron chi connectivity index (χ0n) is 18.4. The third-order valence-electron chi connectivity index (χ3n) is 4.69. The van der Waals surface area contributed by atoms with E-state index < -0.39 is 28.5 Å². The van der Waals surface area contributed by atoms with Gasteiger partial charge >= 0.3 is 0 Å². The molecule has 0 aliphatic heterocycles. The molecule has 32 heavy (non-hydrogen) atoms. The van der Waals surface area contributed by atoms with Crippen molar-refractivity contribution in [2.45, 2.75) is 39.4 Å². The van der Waals surface area contributed by atoms with Crippen molar-refractivity contribution in [3.05, 3.63) is 63.6 Å². The molecular weight excluding hydrogens is 518 g/mol. The van der Waals surface area contributed by atoms with Crippen molar-refractivity contribution in [3.63, 3.8) is 0 Å². The van der Waals surface area contributed by atoms with Crippen molar-refractivity contribution < 1.29 is 18.0 Å². The number of sulfonamides is 1. The second-order valence-electron chi connectivity index (χ2n) is 7.70. The van der Waals surface area contributed by atoms with Crippen LogP contribution in [0, 0.1) is 0 Å². The van der Waals surface area contributed by atoms with E-state index >= 15 is 0 Å². The summed E-state index contributed by atoms with van der Waals surface area (Å²) in [5, 5.41) is 3.25. The fourth-order valence-corrected chi connectivity index (χ4v) is 4.33. The number of benzene rings is 2. The molecule has 2 aromatic rings. The highest BCUT2D eigenvalue weighted by molar-refractivity contribution is 9.10. The van der Waals surface area contributed by atoms with Crippen molar-refractivity contribution in [1.82, 2.24) is 10.2 Å². The van der Waals surface area contributed by atoms with Crippen molar-refractivity contribution in [1.29, 1.82) is 0 Å². The lowest BCUT2D eigenvalue weighted by molar-refractivity contribution is -0.139. The number of anilines is 1. The van der Waals surface area contributed by atoms with E-state index in [1.54, 1.807) is 55.5 Å². The fraction of sp³-hybridized carbons (Fsp3) is 0.364. The molecule has 174 valence electrons. The lowest BCUT2D eigenvalue weighted by Crippen LogP contribution is -2.52. The number of nitrogens with zero attached hydrogens (tertiary/aromatic N) is 2. The predicted molar refractivity (Wildman–Crippen MR) is 131 cm³/mol. The largest absolute Gasteiger partial charge is 0.352 e. The van der Waals surface area contributed by atoms with Gasteiger partial charge in [-0.1, -0.05) is 45.7 Å². The lowest BCUT2D eigenvalue weighted by Gasteiger charge is -2.32. The van der Waals surface area contributed by atoms with Crippen molar-refractivity contribution in [2.24, 2.45) is 0 Å². The first-order chi connectivity index (χ1) is 14.9. The molecule has 2 rings (SSSR count). The summed E-state index contributed by atoms with van der Waals surface area (Å²) in [6.45, 7) is 4.86. The summed E-state index contributed by atoms with van der Waals surface area (Å²) in [6.07, 6.45) is 1.04. The van der Waals surface area contributed by atoms with Gasteiger partial charge in [-0.3, -0.25) is 13.9 Å². The Balaban J connectivity index is 2.39. The highest BCUT2D eigenvalue weighted by Crippen LogP contribution is 2.23. The van der Waals surface area contributed by atoms with Gasteiger partial charge in [0.25, 0.3) is 0 Å². The molecule has 0 aliphatic rings. The van der Waals surface area contributed by atoms with Crippen molar-refractivity contribution in [3.8, 4) is 0 Å². The molecule has 1 atom stereocenters. The van der Waals surface area contributed by atoms with Crippen LogP contribution in [0.1, 0.15) is 26.3 Å². The summed E-state index contributed by atoms with van der Waals surface area (Å²) in [5.41, 5.74) is 1.00. The molecule has 0 fully saturated rings. The maximum absolute atomic E-state index is 13.4. The zero-order valence-corrected chi connectivity index (χ0v) is 21.5. The van der Waals surface area contributed by atoms with Crippen LogP contribution in [0.5, 0.6) is 0 Å².